The summed E-state index contributed by atoms with van der Waals surface area (Å²) in [5, 5.41) is 10.5. The van der Waals surface area contributed by atoms with E-state index in [4.69, 9.17) is 4.74 Å². The van der Waals surface area contributed by atoms with Gasteiger partial charge in [-0.15, -0.1) is 0 Å². The van der Waals surface area contributed by atoms with Crippen LogP contribution in [0, 0.1) is 5.92 Å². The number of methoxy groups -OCH3 is 1. The Bertz CT molecular complexity index is 840. The molecule has 0 aliphatic carbocycles. The van der Waals surface area contributed by atoms with Crippen molar-refractivity contribution in [1.29, 1.82) is 0 Å². The van der Waals surface area contributed by atoms with E-state index in [1.807, 2.05) is 25.2 Å². The van der Waals surface area contributed by atoms with Crippen molar-refractivity contribution in [2.75, 3.05) is 7.11 Å². The molecule has 0 fully saturated rings. The summed E-state index contributed by atoms with van der Waals surface area (Å²) in [5.74, 6) is -0.215. The Morgan fingerprint density at radius 2 is 1.80 bits per heavy atom. The van der Waals surface area contributed by atoms with Gasteiger partial charge in [0.25, 0.3) is 0 Å². The lowest BCUT2D eigenvalue weighted by Crippen LogP contribution is -2.11. The van der Waals surface area contributed by atoms with Gasteiger partial charge in [0, 0.05) is 11.1 Å². The molecule has 30 heavy (non-hydrogen) atoms. The number of unbranched alkanes of at least 4 members (excludes halogenated alkanes) is 1. The Kier molecular flexibility index (Phi) is 10.7. The molecule has 0 aromatic heterocycles. The van der Waals surface area contributed by atoms with Gasteiger partial charge in [0.05, 0.1) is 12.7 Å². The van der Waals surface area contributed by atoms with E-state index in [-0.39, 0.29) is 5.75 Å². The highest BCUT2D eigenvalue weighted by Crippen LogP contribution is 2.39. The molecule has 0 spiro atoms. The number of phenols is 1. The predicted octanol–water partition coefficient (Wildman–Crippen LogP) is 7.59. The first-order valence-electron chi connectivity index (χ1n) is 10.7. The van der Waals surface area contributed by atoms with Crippen LogP contribution in [-0.2, 0) is 4.74 Å². The molecule has 3 heteroatoms. The molecule has 1 aromatic carbocycles. The normalized spacial score (nSPS) is 12.9. The summed E-state index contributed by atoms with van der Waals surface area (Å²) in [4.78, 5) is 12.7. The van der Waals surface area contributed by atoms with Crippen LogP contribution in [0.25, 0.3) is 17.7 Å². The van der Waals surface area contributed by atoms with E-state index >= 15 is 0 Å². The number of hydrogen-bond donors (Lipinski definition) is 1. The van der Waals surface area contributed by atoms with Crippen molar-refractivity contribution < 1.29 is 14.6 Å². The minimum absolute atomic E-state index is 0.0277. The largest absolute Gasteiger partial charge is 0.507 e. The van der Waals surface area contributed by atoms with E-state index in [0.29, 0.717) is 28.2 Å². The molecule has 1 rings (SSSR count). The van der Waals surface area contributed by atoms with Crippen LogP contribution in [0.3, 0.4) is 0 Å². The van der Waals surface area contributed by atoms with Crippen molar-refractivity contribution >= 4 is 23.7 Å². The fourth-order valence-electron chi connectivity index (χ4n) is 3.93. The highest BCUT2D eigenvalue weighted by molar-refractivity contribution is 6.01. The SMILES string of the molecule is C=C/C(=C(\C=C/C)c1c(C(=O)OC)cc(O)c(C=C)c1C=C)C(CCC)CCCC. The number of phenolic OH excluding ortho intramolecular Hbond substituents is 1. The minimum Gasteiger partial charge on any atom is -0.507 e. The number of esters is 1. The van der Waals surface area contributed by atoms with Crippen LogP contribution >= 0.6 is 0 Å². The van der Waals surface area contributed by atoms with Gasteiger partial charge in [-0.2, -0.15) is 0 Å². The van der Waals surface area contributed by atoms with Gasteiger partial charge in [-0.25, -0.2) is 4.79 Å². The standard InChI is InChI=1S/C27H36O3/c1-8-14-17-19(15-9-2)20(11-4)23(16-10-3)26-22(13-6)21(12-5)25(28)18-24(26)27(29)30-7/h10-13,16,18-19,28H,4-6,8-9,14-15,17H2,1-3,7H3/b16-10-,23-20-. The molecular weight excluding hydrogens is 372 g/mol. The molecule has 1 N–H and O–H groups in total. The third-order valence-electron chi connectivity index (χ3n) is 5.32. The molecule has 1 atom stereocenters. The van der Waals surface area contributed by atoms with Crippen molar-refractivity contribution in [3.05, 3.63) is 71.9 Å². The summed E-state index contributed by atoms with van der Waals surface area (Å²) in [5.41, 5.74) is 4.18. The van der Waals surface area contributed by atoms with Crippen molar-refractivity contribution in [3.63, 3.8) is 0 Å². The third kappa shape index (κ3) is 5.63. The highest BCUT2D eigenvalue weighted by atomic mass is 16.5. The van der Waals surface area contributed by atoms with Gasteiger partial charge in [-0.1, -0.05) is 83.2 Å². The number of carbonyl (C=O) groups excluding carboxylic acids is 1. The molecular formula is C27H36O3. The van der Waals surface area contributed by atoms with Gasteiger partial charge in [0.1, 0.15) is 5.75 Å². The lowest BCUT2D eigenvalue weighted by atomic mass is 9.81. The zero-order valence-corrected chi connectivity index (χ0v) is 19.0. The number of rotatable bonds is 12. The van der Waals surface area contributed by atoms with Crippen LogP contribution in [0.5, 0.6) is 5.75 Å². The van der Waals surface area contributed by atoms with Gasteiger partial charge < -0.3 is 9.84 Å². The number of allylic oxidation sites excluding steroid dienone is 5. The number of aromatic hydroxyl groups is 1. The van der Waals surface area contributed by atoms with E-state index in [0.717, 1.165) is 43.3 Å². The van der Waals surface area contributed by atoms with E-state index in [1.54, 1.807) is 12.2 Å². The van der Waals surface area contributed by atoms with Gasteiger partial charge in [-0.05, 0) is 48.5 Å². The van der Waals surface area contributed by atoms with Gasteiger partial charge in [0.2, 0.25) is 0 Å². The fourth-order valence-corrected chi connectivity index (χ4v) is 3.93. The molecule has 0 aliphatic rings. The van der Waals surface area contributed by atoms with E-state index in [2.05, 4.69) is 33.6 Å². The summed E-state index contributed by atoms with van der Waals surface area (Å²) < 4.78 is 5.04. The summed E-state index contributed by atoms with van der Waals surface area (Å²) in [6.45, 7) is 18.2. The monoisotopic (exact) mass is 408 g/mol. The molecule has 162 valence electrons. The van der Waals surface area contributed by atoms with E-state index < -0.39 is 5.97 Å². The molecule has 0 radical (unpaired) electrons. The Morgan fingerprint density at radius 3 is 2.27 bits per heavy atom. The quantitative estimate of drug-likeness (QED) is 0.286. The maximum Gasteiger partial charge on any atom is 0.338 e. The summed E-state index contributed by atoms with van der Waals surface area (Å²) in [6.07, 6.45) is 14.5. The first-order valence-corrected chi connectivity index (χ1v) is 10.7. The van der Waals surface area contributed by atoms with E-state index in [1.165, 1.54) is 13.2 Å². The molecule has 3 nitrogen and oxygen atoms in total. The van der Waals surface area contributed by atoms with Crippen LogP contribution in [-0.4, -0.2) is 18.2 Å². The molecule has 1 aromatic rings. The fraction of sp³-hybridized carbons (Fsp3) is 0.370. The maximum atomic E-state index is 12.7. The Balaban J connectivity index is 4.09. The topological polar surface area (TPSA) is 46.5 Å². The Morgan fingerprint density at radius 1 is 1.13 bits per heavy atom. The molecule has 0 aliphatic heterocycles. The maximum absolute atomic E-state index is 12.7. The number of carbonyl (C=O) groups is 1. The van der Waals surface area contributed by atoms with Crippen molar-refractivity contribution in [2.24, 2.45) is 5.92 Å². The molecule has 1 unspecified atom stereocenters. The van der Waals surface area contributed by atoms with Gasteiger partial charge in [0.15, 0.2) is 0 Å². The summed E-state index contributed by atoms with van der Waals surface area (Å²) in [7, 11) is 1.34. The average molecular weight is 409 g/mol. The molecule has 0 amide bonds. The van der Waals surface area contributed by atoms with Crippen molar-refractivity contribution in [2.45, 2.75) is 52.9 Å². The zero-order valence-electron chi connectivity index (χ0n) is 19.0. The minimum atomic E-state index is -0.509. The average Bonchev–Trinajstić information content (AvgIpc) is 2.75. The summed E-state index contributed by atoms with van der Waals surface area (Å²) in [6, 6.07) is 1.45. The van der Waals surface area contributed by atoms with Gasteiger partial charge in [-0.3, -0.25) is 0 Å². The number of ether oxygens (including phenoxy) is 1. The second kappa shape index (κ2) is 12.7. The van der Waals surface area contributed by atoms with Crippen molar-refractivity contribution in [1.82, 2.24) is 0 Å². The number of hydrogen-bond acceptors (Lipinski definition) is 3. The Hall–Kier alpha value is -2.81. The molecule has 0 heterocycles. The first-order chi connectivity index (χ1) is 14.4. The highest BCUT2D eigenvalue weighted by Gasteiger charge is 2.25. The number of benzene rings is 1. The first kappa shape index (κ1) is 25.2. The van der Waals surface area contributed by atoms with Crippen LogP contribution in [0.2, 0.25) is 0 Å². The van der Waals surface area contributed by atoms with Crippen LogP contribution in [0.1, 0.15) is 79.9 Å². The Labute approximate surface area is 182 Å². The van der Waals surface area contributed by atoms with E-state index in [9.17, 15) is 9.90 Å². The van der Waals surface area contributed by atoms with Crippen LogP contribution in [0.15, 0.2) is 49.6 Å². The predicted molar refractivity (Wildman–Crippen MR) is 129 cm³/mol. The van der Waals surface area contributed by atoms with Gasteiger partial charge >= 0.3 is 5.97 Å². The molecule has 0 saturated heterocycles. The molecule has 0 saturated carbocycles. The van der Waals surface area contributed by atoms with Crippen LogP contribution < -0.4 is 0 Å². The smallest absolute Gasteiger partial charge is 0.338 e. The summed E-state index contributed by atoms with van der Waals surface area (Å²) >= 11 is 0. The second-order valence-electron chi connectivity index (χ2n) is 7.25. The lowest BCUT2D eigenvalue weighted by molar-refractivity contribution is 0.0600. The lowest BCUT2D eigenvalue weighted by Gasteiger charge is -2.24. The van der Waals surface area contributed by atoms with Crippen molar-refractivity contribution in [3.8, 4) is 5.75 Å². The second-order valence-corrected chi connectivity index (χ2v) is 7.25. The van der Waals surface area contributed by atoms with Crippen LogP contribution in [0.4, 0.5) is 0 Å². The third-order valence-corrected chi connectivity index (χ3v) is 5.32. The zero-order chi connectivity index (χ0) is 22.7. The molecule has 0 bridgehead atoms.